The van der Waals surface area contributed by atoms with Crippen LogP contribution in [0.3, 0.4) is 0 Å². The standard InChI is InChI=1S/C45H78N2O4/c1-9-47(10-2)31-32(3)33-22-27-45(40(51)46-30-18-16-14-12-11-13-15-17-19-38(49)50)29-28-43(7)34(39(33)45)20-21-36-42(6)25-24-37(48)41(4,5)35(42)23-26-44(36,43)8/h33-37,39,48H,3,9-31H2,1-2,4-8H3,(H,46,51)(H,49,50)/t33-,34+,35-,36?,37-,39+,42-,43+,44+,45-/m0/s1. The zero-order valence-corrected chi connectivity index (χ0v) is 34.1. The summed E-state index contributed by atoms with van der Waals surface area (Å²) in [4.78, 5) is 27.9. The number of aliphatic hydroxyl groups is 1. The molecular formula is C45H78N2O4. The zero-order valence-electron chi connectivity index (χ0n) is 34.1. The van der Waals surface area contributed by atoms with E-state index in [0.29, 0.717) is 35.5 Å². The average Bonchev–Trinajstić information content (AvgIpc) is 3.49. The molecule has 10 atom stereocenters. The van der Waals surface area contributed by atoms with Crippen molar-refractivity contribution in [3.8, 4) is 0 Å². The monoisotopic (exact) mass is 711 g/mol. The van der Waals surface area contributed by atoms with Gasteiger partial charge in [-0.25, -0.2) is 0 Å². The molecule has 51 heavy (non-hydrogen) atoms. The van der Waals surface area contributed by atoms with Crippen molar-refractivity contribution in [1.29, 1.82) is 0 Å². The molecule has 5 saturated carbocycles. The number of carbonyl (C=O) groups is 2. The molecule has 0 aromatic heterocycles. The number of carboxylic acid groups (broad SMARTS) is 1. The van der Waals surface area contributed by atoms with Gasteiger partial charge in [-0.05, 0) is 141 Å². The molecule has 0 saturated heterocycles. The van der Waals surface area contributed by atoms with Crippen molar-refractivity contribution in [1.82, 2.24) is 10.2 Å². The number of unbranched alkanes of at least 4 members (excludes halogenated alkanes) is 7. The number of carboxylic acids is 1. The number of nitrogens with zero attached hydrogens (tertiary/aromatic N) is 1. The van der Waals surface area contributed by atoms with E-state index < -0.39 is 5.97 Å². The maximum atomic E-state index is 14.7. The minimum atomic E-state index is -0.688. The van der Waals surface area contributed by atoms with Crippen molar-refractivity contribution in [2.75, 3.05) is 26.2 Å². The zero-order chi connectivity index (χ0) is 37.2. The van der Waals surface area contributed by atoms with Crippen LogP contribution in [0, 0.1) is 56.7 Å². The van der Waals surface area contributed by atoms with Crippen LogP contribution in [-0.2, 0) is 9.59 Å². The van der Waals surface area contributed by atoms with E-state index in [9.17, 15) is 14.7 Å². The number of aliphatic hydroxyl groups excluding tert-OH is 1. The van der Waals surface area contributed by atoms with Crippen molar-refractivity contribution in [2.45, 2.75) is 177 Å². The summed E-state index contributed by atoms with van der Waals surface area (Å²) in [6, 6.07) is 0. The van der Waals surface area contributed by atoms with Crippen molar-refractivity contribution >= 4 is 11.9 Å². The molecule has 5 rings (SSSR count). The highest BCUT2D eigenvalue weighted by molar-refractivity contribution is 5.84. The molecule has 6 nitrogen and oxygen atoms in total. The van der Waals surface area contributed by atoms with Crippen LogP contribution < -0.4 is 5.32 Å². The van der Waals surface area contributed by atoms with Gasteiger partial charge in [0.2, 0.25) is 5.91 Å². The van der Waals surface area contributed by atoms with Gasteiger partial charge in [0, 0.05) is 19.5 Å². The third kappa shape index (κ3) is 7.38. The van der Waals surface area contributed by atoms with Gasteiger partial charge >= 0.3 is 5.97 Å². The Balaban J connectivity index is 1.30. The Morgan fingerprint density at radius 1 is 0.745 bits per heavy atom. The summed E-state index contributed by atoms with van der Waals surface area (Å²) in [6.07, 6.45) is 20.1. The van der Waals surface area contributed by atoms with Crippen LogP contribution in [0.1, 0.15) is 170 Å². The van der Waals surface area contributed by atoms with Crippen molar-refractivity contribution in [3.05, 3.63) is 12.2 Å². The van der Waals surface area contributed by atoms with Crippen LogP contribution in [0.2, 0.25) is 0 Å². The summed E-state index contributed by atoms with van der Waals surface area (Å²) in [7, 11) is 0. The number of hydrogen-bond donors (Lipinski definition) is 3. The first kappa shape index (κ1) is 40.8. The lowest BCUT2D eigenvalue weighted by molar-refractivity contribution is -0.246. The van der Waals surface area contributed by atoms with Gasteiger partial charge in [-0.15, -0.1) is 0 Å². The van der Waals surface area contributed by atoms with Crippen LogP contribution in [0.5, 0.6) is 0 Å². The minimum absolute atomic E-state index is 0.0338. The summed E-state index contributed by atoms with van der Waals surface area (Å²) >= 11 is 0. The molecule has 292 valence electrons. The van der Waals surface area contributed by atoms with Gasteiger partial charge in [-0.3, -0.25) is 14.5 Å². The van der Waals surface area contributed by atoms with Gasteiger partial charge in [-0.1, -0.05) is 99.1 Å². The Morgan fingerprint density at radius 2 is 1.39 bits per heavy atom. The summed E-state index contributed by atoms with van der Waals surface area (Å²) in [6.45, 7) is 25.8. The molecule has 5 aliphatic rings. The van der Waals surface area contributed by atoms with Crippen molar-refractivity contribution in [3.63, 3.8) is 0 Å². The van der Waals surface area contributed by atoms with Gasteiger partial charge in [0.05, 0.1) is 11.5 Å². The molecule has 1 unspecified atom stereocenters. The van der Waals surface area contributed by atoms with E-state index in [1.54, 1.807) is 0 Å². The molecular weight excluding hydrogens is 633 g/mol. The first-order valence-electron chi connectivity index (χ1n) is 21.7. The second-order valence-electron chi connectivity index (χ2n) is 19.7. The lowest BCUT2D eigenvalue weighted by atomic mass is 9.32. The number of likely N-dealkylation sites (N-methyl/N-ethyl adjacent to an activating group) is 1. The predicted octanol–water partition coefficient (Wildman–Crippen LogP) is 10.0. The van der Waals surface area contributed by atoms with Crippen molar-refractivity contribution in [2.24, 2.45) is 56.7 Å². The second-order valence-corrected chi connectivity index (χ2v) is 19.7. The van der Waals surface area contributed by atoms with Crippen LogP contribution in [0.4, 0.5) is 0 Å². The van der Waals surface area contributed by atoms with E-state index in [1.165, 1.54) is 50.5 Å². The predicted molar refractivity (Wildman–Crippen MR) is 209 cm³/mol. The second kappa shape index (κ2) is 16.1. The molecule has 0 spiro atoms. The van der Waals surface area contributed by atoms with E-state index in [-0.39, 0.29) is 39.6 Å². The van der Waals surface area contributed by atoms with Gasteiger partial charge < -0.3 is 15.5 Å². The molecule has 1 amide bonds. The maximum Gasteiger partial charge on any atom is 0.303 e. The molecule has 0 aromatic rings. The van der Waals surface area contributed by atoms with Crippen LogP contribution in [0.25, 0.3) is 0 Å². The van der Waals surface area contributed by atoms with Crippen molar-refractivity contribution < 1.29 is 19.8 Å². The topological polar surface area (TPSA) is 89.9 Å². The highest BCUT2D eigenvalue weighted by Crippen LogP contribution is 2.77. The van der Waals surface area contributed by atoms with Crippen LogP contribution >= 0.6 is 0 Å². The van der Waals surface area contributed by atoms with Gasteiger partial charge in [0.25, 0.3) is 0 Å². The Bertz CT molecular complexity index is 1230. The molecule has 0 bridgehead atoms. The number of fused-ring (bicyclic) bond motifs is 7. The largest absolute Gasteiger partial charge is 0.481 e. The first-order chi connectivity index (χ1) is 24.1. The smallest absolute Gasteiger partial charge is 0.303 e. The fourth-order valence-electron chi connectivity index (χ4n) is 14.1. The van der Waals surface area contributed by atoms with Gasteiger partial charge in [0.15, 0.2) is 0 Å². The number of carbonyl (C=O) groups excluding carboxylic acids is 1. The van der Waals surface area contributed by atoms with Crippen LogP contribution in [-0.4, -0.2) is 59.3 Å². The first-order valence-corrected chi connectivity index (χ1v) is 21.7. The summed E-state index contributed by atoms with van der Waals surface area (Å²) < 4.78 is 0. The normalized spacial score (nSPS) is 39.8. The highest BCUT2D eigenvalue weighted by atomic mass is 16.4. The maximum absolute atomic E-state index is 14.7. The molecule has 3 N–H and O–H groups in total. The SMILES string of the molecule is C=C(CN(CC)CC)[C@@H]1CC[C@]2(C(=O)NCCCCCCCCCCC(=O)O)CC[C@]3(C)[C@H](CCC4[C@@]5(C)CC[C@H](O)C(C)(C)[C@@H]5CC[C@]43C)[C@@H]12. The fourth-order valence-corrected chi connectivity index (χ4v) is 14.1. The number of amides is 1. The quantitative estimate of drug-likeness (QED) is 0.103. The molecule has 0 radical (unpaired) electrons. The minimum Gasteiger partial charge on any atom is -0.481 e. The molecule has 5 fully saturated rings. The molecule has 5 aliphatic carbocycles. The third-order valence-electron chi connectivity index (χ3n) is 17.3. The Kier molecular flexibility index (Phi) is 12.9. The van der Waals surface area contributed by atoms with E-state index in [4.69, 9.17) is 11.7 Å². The fraction of sp³-hybridized carbons (Fsp3) is 0.911. The number of nitrogens with one attached hydrogen (secondary N) is 1. The summed E-state index contributed by atoms with van der Waals surface area (Å²) in [5, 5.41) is 23.5. The number of hydrogen-bond acceptors (Lipinski definition) is 4. The lowest BCUT2D eigenvalue weighted by Gasteiger charge is -2.72. The average molecular weight is 711 g/mol. The summed E-state index contributed by atoms with van der Waals surface area (Å²) in [5.74, 6) is 2.21. The molecule has 0 aliphatic heterocycles. The van der Waals surface area contributed by atoms with Crippen LogP contribution in [0.15, 0.2) is 12.2 Å². The number of aliphatic carboxylic acids is 1. The molecule has 6 heteroatoms. The van der Waals surface area contributed by atoms with Gasteiger partial charge in [-0.2, -0.15) is 0 Å². The Hall–Kier alpha value is -1.40. The Morgan fingerprint density at radius 3 is 2.04 bits per heavy atom. The lowest BCUT2D eigenvalue weighted by Crippen LogP contribution is -2.67. The third-order valence-corrected chi connectivity index (χ3v) is 17.3. The highest BCUT2D eigenvalue weighted by Gasteiger charge is 2.72. The van der Waals surface area contributed by atoms with E-state index in [0.717, 1.165) is 96.8 Å². The van der Waals surface area contributed by atoms with E-state index in [2.05, 4.69) is 58.7 Å². The van der Waals surface area contributed by atoms with Gasteiger partial charge in [0.1, 0.15) is 0 Å². The number of rotatable bonds is 17. The van der Waals surface area contributed by atoms with E-state index >= 15 is 0 Å². The Labute approximate surface area is 312 Å². The van der Waals surface area contributed by atoms with E-state index in [1.807, 2.05) is 0 Å². The molecule has 0 heterocycles. The molecule has 0 aromatic carbocycles. The summed E-state index contributed by atoms with van der Waals surface area (Å²) in [5.41, 5.74) is 1.76.